The van der Waals surface area contributed by atoms with E-state index in [1.54, 1.807) is 23.9 Å². The Kier molecular flexibility index (Phi) is 7.98. The molecule has 7 nitrogen and oxygen atoms in total. The Hall–Kier alpha value is -2.35. The zero-order valence-corrected chi connectivity index (χ0v) is 19.4. The highest BCUT2D eigenvalue weighted by molar-refractivity contribution is 7.98. The molecule has 1 aliphatic rings. The molecule has 0 bridgehead atoms. The molecule has 170 valence electrons. The topological polar surface area (TPSA) is 110 Å². The smallest absolute Gasteiger partial charge is 0.340 e. The fourth-order valence-corrected chi connectivity index (χ4v) is 5.04. The van der Waals surface area contributed by atoms with Gasteiger partial charge in [-0.15, -0.1) is 11.8 Å². The van der Waals surface area contributed by atoms with E-state index in [9.17, 15) is 18.3 Å². The number of nitrogens with two attached hydrogens (primary N) is 1. The van der Waals surface area contributed by atoms with Crippen molar-refractivity contribution in [1.82, 2.24) is 4.90 Å². The number of sulfone groups is 1. The van der Waals surface area contributed by atoms with E-state index in [0.29, 0.717) is 19.8 Å². The van der Waals surface area contributed by atoms with E-state index in [1.807, 2.05) is 30.5 Å². The Morgan fingerprint density at radius 1 is 1.09 bits per heavy atom. The first-order chi connectivity index (χ1) is 15.3. The monoisotopic (exact) mass is 474 g/mol. The Labute approximate surface area is 192 Å². The number of hydrogen-bond donors (Lipinski definition) is 2. The molecule has 0 radical (unpaired) electrons. The summed E-state index contributed by atoms with van der Waals surface area (Å²) in [5, 5.41) is 9.66. The van der Waals surface area contributed by atoms with Crippen molar-refractivity contribution in [3.63, 3.8) is 0 Å². The zero-order chi connectivity index (χ0) is 23.2. The quantitative estimate of drug-likeness (QED) is 0.465. The summed E-state index contributed by atoms with van der Waals surface area (Å²) in [6.45, 7) is 3.09. The summed E-state index contributed by atoms with van der Waals surface area (Å²) in [5.41, 5.74) is 7.67. The van der Waals surface area contributed by atoms with Crippen LogP contribution in [0.3, 0.4) is 0 Å². The van der Waals surface area contributed by atoms with Crippen LogP contribution in [0.15, 0.2) is 58.3 Å². The predicted octanol–water partition coefficient (Wildman–Crippen LogP) is 2.31. The first-order valence-corrected chi connectivity index (χ1v) is 12.8. The third kappa shape index (κ3) is 5.34. The van der Waals surface area contributed by atoms with Gasteiger partial charge in [0.2, 0.25) is 14.7 Å². The van der Waals surface area contributed by atoms with E-state index in [2.05, 4.69) is 16.7 Å². The molecule has 1 aliphatic heterocycles. The summed E-state index contributed by atoms with van der Waals surface area (Å²) in [4.78, 5) is 12.4. The molecule has 0 aliphatic carbocycles. The maximum absolute atomic E-state index is 13.1. The van der Waals surface area contributed by atoms with Crippen molar-refractivity contribution < 1.29 is 23.1 Å². The van der Waals surface area contributed by atoms with Gasteiger partial charge >= 0.3 is 5.97 Å². The molecule has 9 heteroatoms. The molecule has 0 saturated carbocycles. The lowest BCUT2D eigenvalue weighted by Gasteiger charge is -2.24. The van der Waals surface area contributed by atoms with Crippen molar-refractivity contribution in [2.24, 2.45) is 5.73 Å². The van der Waals surface area contributed by atoms with Crippen molar-refractivity contribution in [3.05, 3.63) is 48.5 Å². The average molecular weight is 475 g/mol. The van der Waals surface area contributed by atoms with Gasteiger partial charge in [-0.3, -0.25) is 4.90 Å². The van der Waals surface area contributed by atoms with Crippen LogP contribution in [0, 0.1) is 11.8 Å². The minimum absolute atomic E-state index is 0.151. The normalized spacial score (nSPS) is 16.6. The number of carbonyl (C=O) groups is 1. The molecule has 1 unspecified atom stereocenters. The van der Waals surface area contributed by atoms with Crippen molar-refractivity contribution in [3.8, 4) is 23.0 Å². The summed E-state index contributed by atoms with van der Waals surface area (Å²) in [7, 11) is -4.38. The number of ether oxygens (including phenoxy) is 1. The predicted molar refractivity (Wildman–Crippen MR) is 125 cm³/mol. The molecule has 1 saturated heterocycles. The Morgan fingerprint density at radius 2 is 1.66 bits per heavy atom. The Bertz CT molecular complexity index is 1100. The highest BCUT2D eigenvalue weighted by atomic mass is 32.2. The summed E-state index contributed by atoms with van der Waals surface area (Å²) in [5.74, 6) is 3.87. The van der Waals surface area contributed by atoms with E-state index < -0.39 is 27.1 Å². The second-order valence-corrected chi connectivity index (χ2v) is 10.5. The van der Waals surface area contributed by atoms with Gasteiger partial charge in [0.25, 0.3) is 0 Å². The number of carboxylic acids is 1. The van der Waals surface area contributed by atoms with Crippen molar-refractivity contribution in [2.45, 2.75) is 21.1 Å². The lowest BCUT2D eigenvalue weighted by Crippen LogP contribution is -2.54. The molecule has 32 heavy (non-hydrogen) atoms. The van der Waals surface area contributed by atoms with E-state index in [-0.39, 0.29) is 4.90 Å². The molecular formula is C23H26N2O5S2. The van der Waals surface area contributed by atoms with Crippen molar-refractivity contribution >= 4 is 27.6 Å². The third-order valence-corrected chi connectivity index (χ3v) is 8.23. The van der Waals surface area contributed by atoms with Crippen LogP contribution in [0.5, 0.6) is 0 Å². The largest absolute Gasteiger partial charge is 0.479 e. The fraction of sp³-hybridized carbons (Fsp3) is 0.348. The molecule has 1 atom stereocenters. The number of rotatable bonds is 7. The number of thioether (sulfide) groups is 1. The molecule has 0 spiro atoms. The van der Waals surface area contributed by atoms with Gasteiger partial charge in [0.05, 0.1) is 31.1 Å². The number of benzene rings is 2. The van der Waals surface area contributed by atoms with Gasteiger partial charge in [0.15, 0.2) is 0 Å². The lowest BCUT2D eigenvalue weighted by atomic mass is 10.1. The fourth-order valence-electron chi connectivity index (χ4n) is 3.23. The molecule has 0 aromatic heterocycles. The van der Waals surface area contributed by atoms with Gasteiger partial charge in [-0.25, -0.2) is 13.2 Å². The second-order valence-electron chi connectivity index (χ2n) is 7.37. The van der Waals surface area contributed by atoms with E-state index >= 15 is 0 Å². The number of carboxylic acid groups (broad SMARTS) is 1. The number of hydrogen-bond acceptors (Lipinski definition) is 7. The van der Waals surface area contributed by atoms with Crippen LogP contribution in [-0.4, -0.2) is 68.4 Å². The second kappa shape index (κ2) is 10.5. The Balaban J connectivity index is 1.78. The standard InChI is InChI=1S/C23H26N2O5S2/c1-31-20-8-4-18(5-9-20)19-6-10-21(11-7-19)32(28,29)23(24,22(26)27)12-2-3-13-25-14-16-30-17-15-25/h4-11H,12-17,24H2,1H3,(H,26,27). The van der Waals surface area contributed by atoms with E-state index in [4.69, 9.17) is 10.5 Å². The molecule has 1 heterocycles. The first kappa shape index (κ1) is 24.3. The van der Waals surface area contributed by atoms with Gasteiger partial charge in [-0.05, 0) is 41.6 Å². The molecule has 2 aromatic rings. The van der Waals surface area contributed by atoms with Crippen LogP contribution in [0.1, 0.15) is 6.42 Å². The summed E-state index contributed by atoms with van der Waals surface area (Å²) < 4.78 is 31.5. The van der Waals surface area contributed by atoms with Gasteiger partial charge < -0.3 is 15.6 Å². The van der Waals surface area contributed by atoms with Gasteiger partial charge in [-0.1, -0.05) is 36.1 Å². The van der Waals surface area contributed by atoms with Crippen LogP contribution in [0.25, 0.3) is 11.1 Å². The SMILES string of the molecule is CSc1ccc(-c2ccc(S(=O)(=O)C(N)(CC#CCN3CCOCC3)C(=O)O)cc2)cc1. The van der Waals surface area contributed by atoms with Gasteiger partial charge in [0.1, 0.15) is 0 Å². The summed E-state index contributed by atoms with van der Waals surface area (Å²) in [6, 6.07) is 13.9. The van der Waals surface area contributed by atoms with E-state index in [0.717, 1.165) is 29.1 Å². The number of nitrogens with zero attached hydrogens (tertiary/aromatic N) is 1. The van der Waals surface area contributed by atoms with E-state index in [1.165, 1.54) is 12.1 Å². The van der Waals surface area contributed by atoms with Crippen LogP contribution < -0.4 is 5.73 Å². The first-order valence-electron chi connectivity index (χ1n) is 10.0. The van der Waals surface area contributed by atoms with Gasteiger partial charge in [-0.2, -0.15) is 0 Å². The highest BCUT2D eigenvalue weighted by Crippen LogP contribution is 2.28. The summed E-state index contributed by atoms with van der Waals surface area (Å²) in [6.07, 6.45) is 1.48. The van der Waals surface area contributed by atoms with Crippen molar-refractivity contribution in [1.29, 1.82) is 0 Å². The van der Waals surface area contributed by atoms with Crippen molar-refractivity contribution in [2.75, 3.05) is 39.1 Å². The number of morpholine rings is 1. The molecule has 3 N–H and O–H groups in total. The van der Waals surface area contributed by atoms with Crippen LogP contribution in [-0.2, 0) is 19.4 Å². The van der Waals surface area contributed by atoms with Crippen LogP contribution in [0.4, 0.5) is 0 Å². The molecular weight excluding hydrogens is 448 g/mol. The minimum atomic E-state index is -4.38. The highest BCUT2D eigenvalue weighted by Gasteiger charge is 2.48. The lowest BCUT2D eigenvalue weighted by molar-refractivity contribution is -0.139. The molecule has 2 aromatic carbocycles. The molecule has 0 amide bonds. The van der Waals surface area contributed by atoms with Crippen LogP contribution in [0.2, 0.25) is 0 Å². The average Bonchev–Trinajstić information content (AvgIpc) is 2.82. The number of aliphatic carboxylic acids is 1. The van der Waals surface area contributed by atoms with Crippen LogP contribution >= 0.6 is 11.8 Å². The Morgan fingerprint density at radius 3 is 2.19 bits per heavy atom. The third-order valence-electron chi connectivity index (χ3n) is 5.31. The van der Waals surface area contributed by atoms with Gasteiger partial charge in [0, 0.05) is 18.0 Å². The zero-order valence-electron chi connectivity index (χ0n) is 17.8. The maximum atomic E-state index is 13.1. The molecule has 3 rings (SSSR count). The maximum Gasteiger partial charge on any atom is 0.340 e. The molecule has 1 fully saturated rings. The minimum Gasteiger partial charge on any atom is -0.479 e. The summed E-state index contributed by atoms with van der Waals surface area (Å²) >= 11 is 1.63.